The lowest BCUT2D eigenvalue weighted by Crippen LogP contribution is -2.36. The number of hydrogen-bond donors (Lipinski definition) is 0. The molecule has 0 saturated heterocycles. The second-order valence-corrected chi connectivity index (χ2v) is 9.97. The molecule has 0 atom stereocenters. The van der Waals surface area contributed by atoms with E-state index in [0.29, 0.717) is 0 Å². The van der Waals surface area contributed by atoms with Crippen LogP contribution in [0.15, 0.2) is 121 Å². The number of rotatable bonds is 6. The van der Waals surface area contributed by atoms with Crippen LogP contribution in [0.3, 0.4) is 0 Å². The van der Waals surface area contributed by atoms with E-state index in [2.05, 4.69) is 97.1 Å². The van der Waals surface area contributed by atoms with Gasteiger partial charge in [-0.25, -0.2) is 4.79 Å². The van der Waals surface area contributed by atoms with Crippen LogP contribution in [0.25, 0.3) is 0 Å². The second kappa shape index (κ2) is 9.62. The Hall–Kier alpha value is -3.91. The minimum Gasteiger partial charge on any atom is -0.430 e. The molecule has 0 unspecified atom stereocenters. The maximum atomic E-state index is 13.8. The van der Waals surface area contributed by atoms with Crippen LogP contribution in [0.4, 0.5) is 0 Å². The smallest absolute Gasteiger partial charge is 0.330 e. The molecule has 2 nitrogen and oxygen atoms in total. The Morgan fingerprint density at radius 2 is 1.00 bits per heavy atom. The Labute approximate surface area is 213 Å². The van der Waals surface area contributed by atoms with Crippen LogP contribution in [-0.2, 0) is 27.8 Å². The van der Waals surface area contributed by atoms with Gasteiger partial charge < -0.3 is 4.74 Å². The number of carbonyl (C=O) groups excluding carboxylic acids is 1. The molecule has 1 heterocycles. The number of hydrogen-bond acceptors (Lipinski definition) is 2. The fourth-order valence-corrected chi connectivity index (χ4v) is 5.86. The van der Waals surface area contributed by atoms with Gasteiger partial charge in [0.15, 0.2) is 0 Å². The van der Waals surface area contributed by atoms with E-state index in [1.165, 1.54) is 22.3 Å². The molecule has 1 aliphatic heterocycles. The van der Waals surface area contributed by atoms with Gasteiger partial charge in [0.2, 0.25) is 0 Å². The predicted octanol–water partition coefficient (Wildman–Crippen LogP) is 7.54. The van der Waals surface area contributed by atoms with Crippen LogP contribution in [0.1, 0.15) is 59.1 Å². The van der Waals surface area contributed by atoms with Gasteiger partial charge in [-0.3, -0.25) is 0 Å². The second-order valence-electron chi connectivity index (χ2n) is 9.97. The molecule has 36 heavy (non-hydrogen) atoms. The first-order valence-electron chi connectivity index (χ1n) is 12.9. The maximum absolute atomic E-state index is 13.8. The molecule has 4 aromatic rings. The predicted molar refractivity (Wildman–Crippen MR) is 144 cm³/mol. The Morgan fingerprint density at radius 1 is 0.556 bits per heavy atom. The highest BCUT2D eigenvalue weighted by Crippen LogP contribution is 2.51. The topological polar surface area (TPSA) is 26.3 Å². The summed E-state index contributed by atoms with van der Waals surface area (Å²) < 4.78 is 5.98. The van der Waals surface area contributed by atoms with E-state index in [1.807, 2.05) is 12.1 Å². The average molecular weight is 471 g/mol. The van der Waals surface area contributed by atoms with Crippen molar-refractivity contribution < 1.29 is 9.53 Å². The molecule has 0 aromatic heterocycles. The van der Waals surface area contributed by atoms with Crippen molar-refractivity contribution in [2.24, 2.45) is 0 Å². The molecule has 178 valence electrons. The quantitative estimate of drug-likeness (QED) is 0.272. The standard InChI is InChI=1S/C34H30O2/c35-33-34(31-13-7-8-14-32(31)36-33,29-19-15-27(16-20-29)23-25-9-3-1-4-10-25)30-21-17-28(18-22-30)24-26-11-5-2-6-12-26/h1-6,9-12,15-22H,7-8,13-14,23-24H2. The van der Waals surface area contributed by atoms with Gasteiger partial charge in [-0.1, -0.05) is 109 Å². The van der Waals surface area contributed by atoms with Crippen LogP contribution in [-0.4, -0.2) is 5.97 Å². The van der Waals surface area contributed by atoms with Gasteiger partial charge in [-0.05, 0) is 71.1 Å². The summed E-state index contributed by atoms with van der Waals surface area (Å²) >= 11 is 0. The summed E-state index contributed by atoms with van der Waals surface area (Å²) in [4.78, 5) is 13.8. The van der Waals surface area contributed by atoms with Gasteiger partial charge in [-0.15, -0.1) is 0 Å². The van der Waals surface area contributed by atoms with Crippen LogP contribution >= 0.6 is 0 Å². The molecular formula is C34H30O2. The fraction of sp³-hybridized carbons (Fsp3) is 0.206. The number of allylic oxidation sites excluding steroid dienone is 1. The van der Waals surface area contributed by atoms with E-state index in [1.54, 1.807) is 0 Å². The fourth-order valence-electron chi connectivity index (χ4n) is 5.86. The summed E-state index contributed by atoms with van der Waals surface area (Å²) in [5.41, 5.74) is 7.36. The van der Waals surface area contributed by atoms with Gasteiger partial charge in [0.1, 0.15) is 11.2 Å². The van der Waals surface area contributed by atoms with E-state index < -0.39 is 5.41 Å². The summed E-state index contributed by atoms with van der Waals surface area (Å²) in [5, 5.41) is 0. The molecule has 1 aliphatic carbocycles. The molecule has 2 heteroatoms. The largest absolute Gasteiger partial charge is 0.430 e. The highest BCUT2D eigenvalue weighted by molar-refractivity contribution is 5.95. The first kappa shape index (κ1) is 22.5. The van der Waals surface area contributed by atoms with Crippen molar-refractivity contribution >= 4 is 5.97 Å². The van der Waals surface area contributed by atoms with E-state index in [0.717, 1.165) is 61.0 Å². The molecule has 4 aromatic carbocycles. The lowest BCUT2D eigenvalue weighted by atomic mass is 9.67. The minimum atomic E-state index is -0.855. The first-order valence-corrected chi connectivity index (χ1v) is 12.9. The molecule has 6 rings (SSSR count). The zero-order valence-electron chi connectivity index (χ0n) is 20.5. The molecule has 0 bridgehead atoms. The Morgan fingerprint density at radius 3 is 1.50 bits per heavy atom. The zero-order valence-corrected chi connectivity index (χ0v) is 20.5. The van der Waals surface area contributed by atoms with Gasteiger partial charge in [0.25, 0.3) is 0 Å². The summed E-state index contributed by atoms with van der Waals surface area (Å²) in [6.45, 7) is 0. The van der Waals surface area contributed by atoms with Crippen molar-refractivity contribution in [3.05, 3.63) is 154 Å². The molecule has 0 saturated carbocycles. The summed E-state index contributed by atoms with van der Waals surface area (Å²) in [6, 6.07) is 38.2. The number of esters is 1. The van der Waals surface area contributed by atoms with Crippen LogP contribution in [0, 0.1) is 0 Å². The monoisotopic (exact) mass is 470 g/mol. The van der Waals surface area contributed by atoms with E-state index in [9.17, 15) is 4.79 Å². The van der Waals surface area contributed by atoms with Crippen molar-refractivity contribution in [2.45, 2.75) is 43.9 Å². The lowest BCUT2D eigenvalue weighted by Gasteiger charge is -2.31. The number of benzene rings is 4. The van der Waals surface area contributed by atoms with Crippen LogP contribution in [0.5, 0.6) is 0 Å². The third kappa shape index (κ3) is 4.07. The van der Waals surface area contributed by atoms with Gasteiger partial charge in [0, 0.05) is 6.42 Å². The average Bonchev–Trinajstić information content (AvgIpc) is 3.23. The third-order valence-electron chi connectivity index (χ3n) is 7.67. The zero-order chi connectivity index (χ0) is 24.4. The molecule has 0 N–H and O–H groups in total. The SMILES string of the molecule is O=C1OC2=C(CCCC2)C1(c1ccc(Cc2ccccc2)cc1)c1ccc(Cc2ccccc2)cc1. The van der Waals surface area contributed by atoms with E-state index >= 15 is 0 Å². The van der Waals surface area contributed by atoms with Crippen molar-refractivity contribution in [1.82, 2.24) is 0 Å². The van der Waals surface area contributed by atoms with Crippen molar-refractivity contribution in [3.8, 4) is 0 Å². The van der Waals surface area contributed by atoms with Crippen LogP contribution < -0.4 is 0 Å². The highest BCUT2D eigenvalue weighted by atomic mass is 16.5. The summed E-state index contributed by atoms with van der Waals surface area (Å²) in [7, 11) is 0. The lowest BCUT2D eigenvalue weighted by molar-refractivity contribution is -0.140. The summed E-state index contributed by atoms with van der Waals surface area (Å²) in [6.07, 6.45) is 5.67. The molecule has 2 aliphatic rings. The van der Waals surface area contributed by atoms with Crippen molar-refractivity contribution in [3.63, 3.8) is 0 Å². The Bertz CT molecular complexity index is 1300. The first-order chi connectivity index (χ1) is 17.7. The van der Waals surface area contributed by atoms with Gasteiger partial charge in [0.05, 0.1) is 0 Å². The summed E-state index contributed by atoms with van der Waals surface area (Å²) in [5.74, 6) is 0.744. The highest BCUT2D eigenvalue weighted by Gasteiger charge is 2.53. The van der Waals surface area contributed by atoms with Crippen LogP contribution in [0.2, 0.25) is 0 Å². The van der Waals surface area contributed by atoms with Crippen molar-refractivity contribution in [1.29, 1.82) is 0 Å². The van der Waals surface area contributed by atoms with Crippen molar-refractivity contribution in [2.75, 3.05) is 0 Å². The molecular weight excluding hydrogens is 440 g/mol. The molecule has 0 radical (unpaired) electrons. The minimum absolute atomic E-state index is 0.152. The number of carbonyl (C=O) groups is 1. The molecule has 0 fully saturated rings. The number of ether oxygens (including phenoxy) is 1. The molecule has 0 spiro atoms. The maximum Gasteiger partial charge on any atom is 0.330 e. The van der Waals surface area contributed by atoms with E-state index in [-0.39, 0.29) is 5.97 Å². The van der Waals surface area contributed by atoms with Gasteiger partial charge >= 0.3 is 5.97 Å². The normalized spacial score (nSPS) is 16.5. The van der Waals surface area contributed by atoms with E-state index in [4.69, 9.17) is 4.74 Å². The molecule has 0 amide bonds. The van der Waals surface area contributed by atoms with Gasteiger partial charge in [-0.2, -0.15) is 0 Å². The Kier molecular flexibility index (Phi) is 6.03. The Balaban J connectivity index is 1.38. The third-order valence-corrected chi connectivity index (χ3v) is 7.67.